The van der Waals surface area contributed by atoms with E-state index in [2.05, 4.69) is 205 Å². The molecule has 0 saturated heterocycles. The molecule has 242 valence electrons. The molecule has 1 atom stereocenters. The van der Waals surface area contributed by atoms with Crippen LogP contribution in [0.5, 0.6) is 0 Å². The Kier molecular flexibility index (Phi) is 6.23. The number of para-hydroxylation sites is 2. The van der Waals surface area contributed by atoms with Crippen molar-refractivity contribution in [2.24, 2.45) is 0 Å². The molecule has 0 fully saturated rings. The first kappa shape index (κ1) is 29.1. The molecule has 0 aliphatic heterocycles. The third kappa shape index (κ3) is 3.88. The van der Waals surface area contributed by atoms with Crippen LogP contribution in [0.3, 0.4) is 0 Å². The maximum absolute atomic E-state index is 2.45. The van der Waals surface area contributed by atoms with Crippen molar-refractivity contribution in [3.8, 4) is 33.4 Å². The highest BCUT2D eigenvalue weighted by atomic mass is 15.1. The van der Waals surface area contributed by atoms with E-state index < -0.39 is 5.41 Å². The molecule has 9 aromatic rings. The van der Waals surface area contributed by atoms with Gasteiger partial charge in [0.2, 0.25) is 0 Å². The number of nitrogens with zero attached hydrogens (tertiary/aromatic N) is 1. The van der Waals surface area contributed by atoms with Crippen LogP contribution >= 0.6 is 0 Å². The molecule has 52 heavy (non-hydrogen) atoms. The molecule has 0 bridgehead atoms. The summed E-state index contributed by atoms with van der Waals surface area (Å²) < 4.78 is 0. The Bertz CT molecular complexity index is 2810. The Morgan fingerprint density at radius 2 is 0.731 bits per heavy atom. The van der Waals surface area contributed by atoms with Crippen LogP contribution in [0, 0.1) is 0 Å². The molecule has 1 unspecified atom stereocenters. The van der Waals surface area contributed by atoms with E-state index in [9.17, 15) is 0 Å². The highest BCUT2D eigenvalue weighted by Crippen LogP contribution is 2.64. The monoisotopic (exact) mass is 659 g/mol. The van der Waals surface area contributed by atoms with E-state index in [0.717, 1.165) is 17.1 Å². The van der Waals surface area contributed by atoms with Gasteiger partial charge in [-0.15, -0.1) is 0 Å². The van der Waals surface area contributed by atoms with Crippen molar-refractivity contribution in [3.63, 3.8) is 0 Å². The molecule has 1 nitrogen and oxygen atoms in total. The lowest BCUT2D eigenvalue weighted by Crippen LogP contribution is -2.29. The first-order valence-corrected chi connectivity index (χ1v) is 18.1. The minimum Gasteiger partial charge on any atom is -0.310 e. The molecule has 0 amide bonds. The summed E-state index contributed by atoms with van der Waals surface area (Å²) in [6.07, 6.45) is 0. The van der Waals surface area contributed by atoms with Crippen molar-refractivity contribution in [2.45, 2.75) is 5.41 Å². The van der Waals surface area contributed by atoms with E-state index >= 15 is 0 Å². The van der Waals surface area contributed by atoms with Gasteiger partial charge in [-0.1, -0.05) is 164 Å². The van der Waals surface area contributed by atoms with Gasteiger partial charge < -0.3 is 4.90 Å². The molecular weight excluding hydrogens is 627 g/mol. The van der Waals surface area contributed by atoms with Crippen LogP contribution in [0.4, 0.5) is 17.1 Å². The van der Waals surface area contributed by atoms with E-state index in [4.69, 9.17) is 0 Å². The maximum atomic E-state index is 2.45. The quantitative estimate of drug-likeness (QED) is 0.171. The summed E-state index contributed by atoms with van der Waals surface area (Å²) >= 11 is 0. The Balaban J connectivity index is 1.34. The second kappa shape index (κ2) is 11.2. The third-order valence-corrected chi connectivity index (χ3v) is 11.4. The van der Waals surface area contributed by atoms with E-state index in [1.807, 2.05) is 0 Å². The van der Waals surface area contributed by atoms with E-state index in [1.165, 1.54) is 77.2 Å². The van der Waals surface area contributed by atoms with Gasteiger partial charge in [0, 0.05) is 17.1 Å². The number of rotatable bonds is 3. The highest BCUT2D eigenvalue weighted by Gasteiger charge is 2.51. The zero-order valence-corrected chi connectivity index (χ0v) is 28.5. The lowest BCUT2D eigenvalue weighted by atomic mass is 9.64. The van der Waals surface area contributed by atoms with Crippen LogP contribution < -0.4 is 4.90 Å². The van der Waals surface area contributed by atoms with Gasteiger partial charge in [-0.05, 0) is 114 Å². The molecule has 1 spiro atoms. The second-order valence-corrected chi connectivity index (χ2v) is 14.0. The van der Waals surface area contributed by atoms with E-state index in [1.54, 1.807) is 0 Å². The van der Waals surface area contributed by atoms with E-state index in [-0.39, 0.29) is 0 Å². The average molecular weight is 660 g/mol. The number of benzene rings is 9. The SMILES string of the molecule is c1ccc(N(c2ccccc2)c2ccc3c(c2)-c2ccccc2-c2ccccc2C32c3ccccc3-c3c2c2ccccc2c2ccccc32)cc1. The predicted molar refractivity (Wildman–Crippen MR) is 218 cm³/mol. The van der Waals surface area contributed by atoms with Crippen molar-refractivity contribution in [2.75, 3.05) is 4.90 Å². The summed E-state index contributed by atoms with van der Waals surface area (Å²) in [6.45, 7) is 0. The molecule has 0 aromatic heterocycles. The molecule has 0 heterocycles. The Morgan fingerprint density at radius 1 is 0.288 bits per heavy atom. The molecule has 9 aromatic carbocycles. The fraction of sp³-hybridized carbons (Fsp3) is 0.0196. The topological polar surface area (TPSA) is 3.24 Å². The summed E-state index contributed by atoms with van der Waals surface area (Å²) in [7, 11) is 0. The Morgan fingerprint density at radius 3 is 1.38 bits per heavy atom. The van der Waals surface area contributed by atoms with Gasteiger partial charge in [0.15, 0.2) is 0 Å². The molecule has 2 aliphatic carbocycles. The van der Waals surface area contributed by atoms with Gasteiger partial charge >= 0.3 is 0 Å². The molecule has 11 rings (SSSR count). The van der Waals surface area contributed by atoms with E-state index in [0.29, 0.717) is 0 Å². The van der Waals surface area contributed by atoms with Crippen LogP contribution in [0.1, 0.15) is 22.3 Å². The van der Waals surface area contributed by atoms with Gasteiger partial charge in [-0.25, -0.2) is 0 Å². The van der Waals surface area contributed by atoms with Crippen molar-refractivity contribution in [1.29, 1.82) is 0 Å². The zero-order valence-electron chi connectivity index (χ0n) is 28.5. The van der Waals surface area contributed by atoms with Crippen molar-refractivity contribution in [3.05, 3.63) is 222 Å². The number of hydrogen-bond donors (Lipinski definition) is 0. The number of anilines is 3. The molecule has 0 radical (unpaired) electrons. The first-order valence-electron chi connectivity index (χ1n) is 18.1. The minimum atomic E-state index is -0.580. The van der Waals surface area contributed by atoms with Gasteiger partial charge in [0.1, 0.15) is 0 Å². The fourth-order valence-electron chi connectivity index (χ4n) is 9.50. The summed E-state index contributed by atoms with van der Waals surface area (Å²) in [4.78, 5) is 2.38. The smallest absolute Gasteiger partial charge is 0.0731 e. The summed E-state index contributed by atoms with van der Waals surface area (Å²) in [5.74, 6) is 0. The minimum absolute atomic E-state index is 0.580. The van der Waals surface area contributed by atoms with Gasteiger partial charge in [-0.3, -0.25) is 0 Å². The van der Waals surface area contributed by atoms with Crippen LogP contribution in [0.2, 0.25) is 0 Å². The summed E-state index contributed by atoms with van der Waals surface area (Å²) in [6, 6.07) is 74.2. The lowest BCUT2D eigenvalue weighted by molar-refractivity contribution is 0.783. The van der Waals surface area contributed by atoms with Crippen LogP contribution in [0.15, 0.2) is 200 Å². The number of fused-ring (bicyclic) bond motifs is 17. The van der Waals surface area contributed by atoms with Gasteiger partial charge in [0.25, 0.3) is 0 Å². The molecule has 0 saturated carbocycles. The van der Waals surface area contributed by atoms with Crippen molar-refractivity contribution >= 4 is 38.6 Å². The first-order chi connectivity index (χ1) is 25.8. The predicted octanol–water partition coefficient (Wildman–Crippen LogP) is 13.5. The zero-order chi connectivity index (χ0) is 34.2. The van der Waals surface area contributed by atoms with Crippen molar-refractivity contribution < 1.29 is 0 Å². The molecule has 0 N–H and O–H groups in total. The largest absolute Gasteiger partial charge is 0.310 e. The van der Waals surface area contributed by atoms with Crippen LogP contribution in [-0.2, 0) is 5.41 Å². The maximum Gasteiger partial charge on any atom is 0.0731 e. The molecular formula is C51H33N. The fourth-order valence-corrected chi connectivity index (χ4v) is 9.50. The lowest BCUT2D eigenvalue weighted by Gasteiger charge is -2.37. The van der Waals surface area contributed by atoms with Crippen molar-refractivity contribution in [1.82, 2.24) is 0 Å². The Hall–Kier alpha value is -6.70. The normalized spacial score (nSPS) is 15.0. The summed E-state index contributed by atoms with van der Waals surface area (Å²) in [5.41, 5.74) is 15.8. The molecule has 2 aliphatic rings. The second-order valence-electron chi connectivity index (χ2n) is 14.0. The number of hydrogen-bond acceptors (Lipinski definition) is 1. The Labute approximate surface area is 303 Å². The average Bonchev–Trinajstić information content (AvgIpc) is 3.48. The van der Waals surface area contributed by atoms with Crippen LogP contribution in [0.25, 0.3) is 54.9 Å². The third-order valence-electron chi connectivity index (χ3n) is 11.4. The summed E-state index contributed by atoms with van der Waals surface area (Å²) in [5, 5.41) is 5.20. The van der Waals surface area contributed by atoms with Crippen LogP contribution in [-0.4, -0.2) is 0 Å². The molecule has 1 heteroatoms. The highest BCUT2D eigenvalue weighted by molar-refractivity contribution is 6.19. The van der Waals surface area contributed by atoms with Gasteiger partial charge in [0.05, 0.1) is 5.41 Å². The standard InChI is InChI=1S/C51H33N/c1-3-17-34(18-4-1)52(35-19-5-2-6-20-35)36-31-32-48-45(33-36)40-24-8-7-21-37(40)41-25-13-15-29-46(41)51(48)47-30-16-14-28-44(47)49-42-26-11-9-22-38(42)39-23-10-12-27-43(39)50(49)51/h1-33H. The van der Waals surface area contributed by atoms with Gasteiger partial charge in [-0.2, -0.15) is 0 Å².